The average molecular weight is 474 g/mol. The van der Waals surface area contributed by atoms with E-state index in [4.69, 9.17) is 4.74 Å². The van der Waals surface area contributed by atoms with Crippen LogP contribution < -0.4 is 10.1 Å². The highest BCUT2D eigenvalue weighted by molar-refractivity contribution is 8.18. The van der Waals surface area contributed by atoms with Gasteiger partial charge in [-0.1, -0.05) is 0 Å². The molecule has 14 heteroatoms. The van der Waals surface area contributed by atoms with E-state index in [2.05, 4.69) is 5.32 Å². The lowest BCUT2D eigenvalue weighted by Gasteiger charge is -2.12. The Kier molecular flexibility index (Phi) is 6.58. The Morgan fingerprint density at radius 3 is 2.42 bits per heavy atom. The van der Waals surface area contributed by atoms with Crippen molar-refractivity contribution in [2.24, 2.45) is 0 Å². The van der Waals surface area contributed by atoms with Gasteiger partial charge in [-0.2, -0.15) is 0 Å². The Morgan fingerprint density at radius 1 is 1.18 bits per heavy atom. The highest BCUT2D eigenvalue weighted by atomic mass is 32.2. The minimum atomic E-state index is -1.02. The fraction of sp³-hybridized carbons (Fsp3) is 0.105. The fourth-order valence-corrected chi connectivity index (χ4v) is 3.61. The summed E-state index contributed by atoms with van der Waals surface area (Å²) in [4.78, 5) is 57.7. The van der Waals surface area contributed by atoms with Gasteiger partial charge in [0.1, 0.15) is 12.3 Å². The maximum absolute atomic E-state index is 12.6. The van der Waals surface area contributed by atoms with E-state index in [1.807, 2.05) is 0 Å². The summed E-state index contributed by atoms with van der Waals surface area (Å²) < 4.78 is 5.01. The molecule has 3 amide bonds. The maximum Gasteiger partial charge on any atom is 0.318 e. The molecule has 0 bridgehead atoms. The molecule has 0 radical (unpaired) electrons. The summed E-state index contributed by atoms with van der Waals surface area (Å²) in [5.74, 6) is -1.91. The van der Waals surface area contributed by atoms with Gasteiger partial charge in [0.25, 0.3) is 16.8 Å². The average Bonchev–Trinajstić information content (AvgIpc) is 3.02. The number of ether oxygens (including phenoxy) is 1. The summed E-state index contributed by atoms with van der Waals surface area (Å²) in [7, 11) is 1.48. The van der Waals surface area contributed by atoms with Crippen LogP contribution in [0.2, 0.25) is 0 Å². The van der Waals surface area contributed by atoms with Crippen molar-refractivity contribution in [3.05, 3.63) is 67.1 Å². The van der Waals surface area contributed by atoms with Crippen LogP contribution in [0.5, 0.6) is 11.5 Å². The molecule has 2 aromatic carbocycles. The number of benzene rings is 2. The molecule has 1 saturated heterocycles. The van der Waals surface area contributed by atoms with Crippen molar-refractivity contribution in [2.45, 2.75) is 0 Å². The molecule has 170 valence electrons. The van der Waals surface area contributed by atoms with Crippen molar-refractivity contribution < 1.29 is 34.1 Å². The molecule has 2 N–H and O–H groups in total. The number of thioether (sulfide) groups is 1. The molecule has 13 nitrogen and oxygen atoms in total. The van der Waals surface area contributed by atoms with E-state index < -0.39 is 56.1 Å². The van der Waals surface area contributed by atoms with Gasteiger partial charge in [-0.25, -0.2) is 0 Å². The second kappa shape index (κ2) is 9.35. The zero-order valence-corrected chi connectivity index (χ0v) is 17.5. The first-order valence-electron chi connectivity index (χ1n) is 8.95. The van der Waals surface area contributed by atoms with E-state index in [0.29, 0.717) is 34.2 Å². The lowest BCUT2D eigenvalue weighted by atomic mass is 10.1. The first kappa shape index (κ1) is 23.2. The molecule has 0 aliphatic carbocycles. The highest BCUT2D eigenvalue weighted by Crippen LogP contribution is 2.39. The van der Waals surface area contributed by atoms with Crippen LogP contribution in [0.15, 0.2) is 41.3 Å². The maximum atomic E-state index is 12.6. The number of nitro groups is 2. The van der Waals surface area contributed by atoms with Gasteiger partial charge < -0.3 is 15.2 Å². The number of nitrogens with zero attached hydrogens (tertiary/aromatic N) is 3. The van der Waals surface area contributed by atoms with Crippen LogP contribution in [0.1, 0.15) is 5.56 Å². The zero-order chi connectivity index (χ0) is 24.3. The number of aromatic hydroxyl groups is 1. The summed E-state index contributed by atoms with van der Waals surface area (Å²) in [6.07, 6.45) is 0.918. The number of non-ortho nitro benzene ring substituents is 1. The van der Waals surface area contributed by atoms with E-state index >= 15 is 0 Å². The molecule has 1 fully saturated rings. The smallest absolute Gasteiger partial charge is 0.318 e. The third-order valence-electron chi connectivity index (χ3n) is 4.35. The Morgan fingerprint density at radius 2 is 1.85 bits per heavy atom. The SMILES string of the molecule is COc1ccc(NC(=O)CN2C(=O)S/C(=C/c3cc([N+](=O)[O-])cc([N+](=O)[O-])c3O)C2=O)cc1. The van der Waals surface area contributed by atoms with Crippen LogP contribution in [0, 0.1) is 20.2 Å². The predicted octanol–water partition coefficient (Wildman–Crippen LogP) is 2.89. The number of carbonyl (C=O) groups is 3. The van der Waals surface area contributed by atoms with Gasteiger partial charge >= 0.3 is 5.69 Å². The van der Waals surface area contributed by atoms with Crippen molar-refractivity contribution in [2.75, 3.05) is 19.0 Å². The van der Waals surface area contributed by atoms with E-state index in [1.165, 1.54) is 7.11 Å². The molecule has 2 aromatic rings. The van der Waals surface area contributed by atoms with Gasteiger partial charge in [-0.05, 0) is 42.1 Å². The van der Waals surface area contributed by atoms with Gasteiger partial charge in [0.2, 0.25) is 11.7 Å². The number of hydrogen-bond acceptors (Lipinski definition) is 10. The number of nitrogens with one attached hydrogen (secondary N) is 1. The summed E-state index contributed by atoms with van der Waals surface area (Å²) in [6.45, 7) is -0.616. The van der Waals surface area contributed by atoms with Crippen LogP contribution in [0.25, 0.3) is 6.08 Å². The number of nitro benzene ring substituents is 2. The van der Waals surface area contributed by atoms with Crippen LogP contribution in [-0.2, 0) is 9.59 Å². The van der Waals surface area contributed by atoms with E-state index in [-0.39, 0.29) is 4.91 Å². The van der Waals surface area contributed by atoms with Gasteiger partial charge in [0.05, 0.1) is 27.9 Å². The molecule has 33 heavy (non-hydrogen) atoms. The first-order chi connectivity index (χ1) is 15.6. The topological polar surface area (TPSA) is 182 Å². The molecular weight excluding hydrogens is 460 g/mol. The Labute approximate surface area is 188 Å². The number of amides is 3. The molecule has 0 unspecified atom stereocenters. The van der Waals surface area contributed by atoms with E-state index in [1.54, 1.807) is 24.3 Å². The van der Waals surface area contributed by atoms with Crippen LogP contribution in [-0.4, -0.2) is 50.6 Å². The van der Waals surface area contributed by atoms with Crippen molar-refractivity contribution in [1.82, 2.24) is 4.90 Å². The Bertz CT molecular complexity index is 1210. The number of imide groups is 1. The monoisotopic (exact) mass is 474 g/mol. The van der Waals surface area contributed by atoms with Gasteiger partial charge in [0.15, 0.2) is 0 Å². The number of phenols is 1. The lowest BCUT2D eigenvalue weighted by molar-refractivity contribution is -0.394. The zero-order valence-electron chi connectivity index (χ0n) is 16.7. The number of carbonyl (C=O) groups excluding carboxylic acids is 3. The van der Waals surface area contributed by atoms with Gasteiger partial charge in [-0.3, -0.25) is 39.5 Å². The number of anilines is 1. The summed E-state index contributed by atoms with van der Waals surface area (Å²) >= 11 is 0.418. The van der Waals surface area contributed by atoms with E-state index in [0.717, 1.165) is 12.1 Å². The standard InChI is InChI=1S/C19H14N4O9S/c1-32-13-4-2-11(3-5-13)20-16(24)9-21-18(26)15(33-19(21)27)7-10-6-12(22(28)29)8-14(17(10)25)23(30)31/h2-8,25H,9H2,1H3,(H,20,24)/b15-7+. The number of phenolic OH excluding ortho intramolecular Hbond substituents is 1. The number of rotatable bonds is 7. The molecule has 0 saturated carbocycles. The fourth-order valence-electron chi connectivity index (χ4n) is 2.78. The van der Waals surface area contributed by atoms with Crippen molar-refractivity contribution in [1.29, 1.82) is 0 Å². The minimum Gasteiger partial charge on any atom is -0.502 e. The van der Waals surface area contributed by atoms with Crippen LogP contribution in [0.4, 0.5) is 21.9 Å². The van der Waals surface area contributed by atoms with Crippen molar-refractivity contribution in [3.63, 3.8) is 0 Å². The van der Waals surface area contributed by atoms with Gasteiger partial charge in [-0.15, -0.1) is 0 Å². The largest absolute Gasteiger partial charge is 0.502 e. The second-order valence-corrected chi connectivity index (χ2v) is 7.45. The summed E-state index contributed by atoms with van der Waals surface area (Å²) in [5, 5.41) is 33.9. The van der Waals surface area contributed by atoms with Crippen LogP contribution >= 0.6 is 11.8 Å². The molecule has 3 rings (SSSR count). The number of hydrogen-bond donors (Lipinski definition) is 2. The summed E-state index contributed by atoms with van der Waals surface area (Å²) in [6, 6.07) is 7.71. The Balaban J connectivity index is 1.81. The number of methoxy groups -OCH3 is 1. The molecule has 0 spiro atoms. The molecule has 0 atom stereocenters. The Hall–Kier alpha value is -4.46. The quantitative estimate of drug-likeness (QED) is 0.344. The molecule has 0 aromatic heterocycles. The van der Waals surface area contributed by atoms with Crippen LogP contribution in [0.3, 0.4) is 0 Å². The molecule has 1 aliphatic heterocycles. The third kappa shape index (κ3) is 5.07. The van der Waals surface area contributed by atoms with Crippen molar-refractivity contribution in [3.8, 4) is 11.5 Å². The normalized spacial score (nSPS) is 14.5. The second-order valence-electron chi connectivity index (χ2n) is 6.46. The highest BCUT2D eigenvalue weighted by Gasteiger charge is 2.37. The summed E-state index contributed by atoms with van der Waals surface area (Å²) in [5.41, 5.74) is -1.63. The predicted molar refractivity (Wildman–Crippen MR) is 116 cm³/mol. The molecule has 1 heterocycles. The molecule has 1 aliphatic rings. The minimum absolute atomic E-state index is 0.276. The third-order valence-corrected chi connectivity index (χ3v) is 5.25. The molecular formula is C19H14N4O9S. The first-order valence-corrected chi connectivity index (χ1v) is 9.77. The van der Waals surface area contributed by atoms with Crippen molar-refractivity contribution >= 4 is 52.0 Å². The lowest BCUT2D eigenvalue weighted by Crippen LogP contribution is -2.36. The van der Waals surface area contributed by atoms with E-state index in [9.17, 15) is 39.7 Å². The van der Waals surface area contributed by atoms with Gasteiger partial charge in [0, 0.05) is 17.3 Å².